The van der Waals surface area contributed by atoms with Gasteiger partial charge in [0.25, 0.3) is 0 Å². The maximum absolute atomic E-state index is 12.4. The van der Waals surface area contributed by atoms with Crippen molar-refractivity contribution in [1.29, 1.82) is 0 Å². The van der Waals surface area contributed by atoms with E-state index < -0.39 is 12.1 Å². The van der Waals surface area contributed by atoms with Crippen LogP contribution in [-0.2, 0) is 11.8 Å². The second-order valence-electron chi connectivity index (χ2n) is 6.50. The number of carbonyl (C=O) groups excluding carboxylic acids is 1. The van der Waals surface area contributed by atoms with E-state index in [0.29, 0.717) is 23.6 Å². The van der Waals surface area contributed by atoms with E-state index in [0.717, 1.165) is 0 Å². The van der Waals surface area contributed by atoms with Crippen LogP contribution < -0.4 is 0 Å². The molecule has 23 heavy (non-hydrogen) atoms. The second kappa shape index (κ2) is 6.29. The van der Waals surface area contributed by atoms with Gasteiger partial charge in [-0.3, -0.25) is 4.68 Å². The second-order valence-corrected chi connectivity index (χ2v) is 6.50. The third-order valence-electron chi connectivity index (χ3n) is 3.45. The van der Waals surface area contributed by atoms with Gasteiger partial charge in [-0.2, -0.15) is 5.10 Å². The van der Waals surface area contributed by atoms with E-state index in [-0.39, 0.29) is 11.2 Å². The lowest BCUT2D eigenvalue weighted by molar-refractivity contribution is -0.00353. The van der Waals surface area contributed by atoms with Crippen LogP contribution in [0.5, 0.6) is 0 Å². The van der Waals surface area contributed by atoms with Crippen molar-refractivity contribution in [2.24, 2.45) is 12.5 Å². The number of hydrogen-bond donors (Lipinski definition) is 0. The number of aryl methyl sites for hydroxylation is 2. The minimum absolute atomic E-state index is 0.0927. The predicted molar refractivity (Wildman–Crippen MR) is 85.6 cm³/mol. The molecule has 2 heterocycles. The summed E-state index contributed by atoms with van der Waals surface area (Å²) in [4.78, 5) is 16.7. The first-order valence-corrected chi connectivity index (χ1v) is 7.33. The Bertz CT molecular complexity index is 744. The fraction of sp³-hybridized carbons (Fsp3) is 0.471. The van der Waals surface area contributed by atoms with Gasteiger partial charge in [-0.1, -0.05) is 20.8 Å². The molecular formula is C17H21N3O3. The Balaban J connectivity index is 2.23. The quantitative estimate of drug-likeness (QED) is 0.641. The number of nitrogens with zero attached hydrogens (tertiary/aromatic N) is 3. The summed E-state index contributed by atoms with van der Waals surface area (Å²) < 4.78 is 12.8. The van der Waals surface area contributed by atoms with Crippen LogP contribution in [0, 0.1) is 24.7 Å². The standard InChI is InChI=1S/C17H21N3O3/c1-7-8-13(17(3,4)5)22-16(21)14-11(2)19-15(23-14)12-9-18-20(6)10-12/h1,9-10,13H,8H2,2-6H3/t13-/m0/s1. The van der Waals surface area contributed by atoms with E-state index in [9.17, 15) is 4.79 Å². The molecule has 0 fully saturated rings. The number of hydrogen-bond acceptors (Lipinski definition) is 5. The molecule has 0 aliphatic heterocycles. The van der Waals surface area contributed by atoms with Crippen LogP contribution >= 0.6 is 0 Å². The van der Waals surface area contributed by atoms with Gasteiger partial charge in [0.15, 0.2) is 0 Å². The van der Waals surface area contributed by atoms with Crippen molar-refractivity contribution < 1.29 is 13.9 Å². The normalized spacial score (nSPS) is 12.7. The van der Waals surface area contributed by atoms with Crippen molar-refractivity contribution in [1.82, 2.24) is 14.8 Å². The van der Waals surface area contributed by atoms with Crippen molar-refractivity contribution in [3.8, 4) is 23.8 Å². The van der Waals surface area contributed by atoms with E-state index >= 15 is 0 Å². The Hall–Kier alpha value is -2.55. The fourth-order valence-corrected chi connectivity index (χ4v) is 2.06. The first-order chi connectivity index (χ1) is 10.7. The van der Waals surface area contributed by atoms with Gasteiger partial charge >= 0.3 is 5.97 Å². The Morgan fingerprint density at radius 1 is 1.52 bits per heavy atom. The summed E-state index contributed by atoms with van der Waals surface area (Å²) in [5, 5.41) is 4.06. The van der Waals surface area contributed by atoms with Gasteiger partial charge in [0.2, 0.25) is 11.7 Å². The summed E-state index contributed by atoms with van der Waals surface area (Å²) in [6.45, 7) is 7.61. The third-order valence-corrected chi connectivity index (χ3v) is 3.45. The highest BCUT2D eigenvalue weighted by Crippen LogP contribution is 2.27. The van der Waals surface area contributed by atoms with Gasteiger partial charge in [0, 0.05) is 19.7 Å². The number of aromatic nitrogens is 3. The van der Waals surface area contributed by atoms with Crippen LogP contribution in [0.1, 0.15) is 43.4 Å². The monoisotopic (exact) mass is 315 g/mol. The predicted octanol–water partition coefficient (Wildman–Crippen LogP) is 2.98. The number of carbonyl (C=O) groups is 1. The molecule has 6 nitrogen and oxygen atoms in total. The molecule has 0 aromatic carbocycles. The van der Waals surface area contributed by atoms with Gasteiger partial charge in [0.1, 0.15) is 6.10 Å². The summed E-state index contributed by atoms with van der Waals surface area (Å²) in [5.74, 6) is 2.42. The molecule has 6 heteroatoms. The van der Waals surface area contributed by atoms with Crippen LogP contribution in [0.3, 0.4) is 0 Å². The lowest BCUT2D eigenvalue weighted by atomic mass is 9.87. The molecule has 2 rings (SSSR count). The number of ether oxygens (including phenoxy) is 1. The minimum Gasteiger partial charge on any atom is -0.455 e. The van der Waals surface area contributed by atoms with E-state index in [2.05, 4.69) is 16.0 Å². The van der Waals surface area contributed by atoms with Crippen molar-refractivity contribution in [2.75, 3.05) is 0 Å². The highest BCUT2D eigenvalue weighted by Gasteiger charge is 2.30. The molecule has 0 saturated heterocycles. The molecule has 0 amide bonds. The zero-order valence-corrected chi connectivity index (χ0v) is 14.1. The van der Waals surface area contributed by atoms with Crippen LogP contribution in [0.4, 0.5) is 0 Å². The molecular weight excluding hydrogens is 294 g/mol. The molecule has 0 unspecified atom stereocenters. The molecule has 0 saturated carbocycles. The van der Waals surface area contributed by atoms with Gasteiger partial charge in [-0.25, -0.2) is 9.78 Å². The van der Waals surface area contributed by atoms with Crippen LogP contribution in [0.15, 0.2) is 16.8 Å². The summed E-state index contributed by atoms with van der Waals surface area (Å²) in [6.07, 6.45) is 8.70. The number of oxazole rings is 1. The lowest BCUT2D eigenvalue weighted by Crippen LogP contribution is -2.31. The number of esters is 1. The van der Waals surface area contributed by atoms with Gasteiger partial charge < -0.3 is 9.15 Å². The van der Waals surface area contributed by atoms with E-state index in [1.54, 1.807) is 31.0 Å². The molecule has 2 aromatic rings. The first kappa shape index (κ1) is 16.8. The Morgan fingerprint density at radius 3 is 2.74 bits per heavy atom. The van der Waals surface area contributed by atoms with Crippen LogP contribution in [0.2, 0.25) is 0 Å². The molecule has 1 atom stereocenters. The average Bonchev–Trinajstić information content (AvgIpc) is 3.03. The molecule has 0 aliphatic carbocycles. The van der Waals surface area contributed by atoms with Gasteiger partial charge in [0.05, 0.1) is 17.5 Å². The SMILES string of the molecule is C#CC[C@H](OC(=O)c1oc(-c2cnn(C)c2)nc1C)C(C)(C)C. The first-order valence-electron chi connectivity index (χ1n) is 7.33. The smallest absolute Gasteiger partial charge is 0.376 e. The van der Waals surface area contributed by atoms with Crippen molar-refractivity contribution in [3.05, 3.63) is 23.8 Å². The molecule has 122 valence electrons. The molecule has 0 radical (unpaired) electrons. The lowest BCUT2D eigenvalue weighted by Gasteiger charge is -2.28. The van der Waals surface area contributed by atoms with Gasteiger partial charge in [-0.05, 0) is 12.3 Å². The van der Waals surface area contributed by atoms with Crippen LogP contribution in [-0.4, -0.2) is 26.8 Å². The molecule has 0 aliphatic rings. The van der Waals surface area contributed by atoms with Crippen molar-refractivity contribution in [3.63, 3.8) is 0 Å². The maximum Gasteiger partial charge on any atom is 0.376 e. The van der Waals surface area contributed by atoms with Crippen molar-refractivity contribution >= 4 is 5.97 Å². The Kier molecular flexibility index (Phi) is 4.60. The van der Waals surface area contributed by atoms with Crippen LogP contribution in [0.25, 0.3) is 11.5 Å². The van der Waals surface area contributed by atoms with E-state index in [1.807, 2.05) is 20.8 Å². The third kappa shape index (κ3) is 3.81. The zero-order chi connectivity index (χ0) is 17.2. The Morgan fingerprint density at radius 2 is 2.22 bits per heavy atom. The number of rotatable bonds is 4. The molecule has 0 bridgehead atoms. The van der Waals surface area contributed by atoms with Gasteiger partial charge in [-0.15, -0.1) is 12.3 Å². The van der Waals surface area contributed by atoms with E-state index in [1.165, 1.54) is 0 Å². The molecule has 0 spiro atoms. The summed E-state index contributed by atoms with van der Waals surface area (Å²) in [7, 11) is 1.79. The minimum atomic E-state index is -0.555. The number of terminal acetylenes is 1. The summed E-state index contributed by atoms with van der Waals surface area (Å²) in [6, 6.07) is 0. The molecule has 0 N–H and O–H groups in total. The zero-order valence-electron chi connectivity index (χ0n) is 14.1. The van der Waals surface area contributed by atoms with Crippen molar-refractivity contribution in [2.45, 2.75) is 40.2 Å². The summed E-state index contributed by atoms with van der Waals surface area (Å²) in [5.41, 5.74) is 0.912. The topological polar surface area (TPSA) is 70.2 Å². The Labute approximate surface area is 135 Å². The summed E-state index contributed by atoms with van der Waals surface area (Å²) >= 11 is 0. The maximum atomic E-state index is 12.4. The van der Waals surface area contributed by atoms with E-state index in [4.69, 9.17) is 15.6 Å². The molecule has 2 aromatic heterocycles. The fourth-order valence-electron chi connectivity index (χ4n) is 2.06. The highest BCUT2D eigenvalue weighted by molar-refractivity contribution is 5.88. The largest absolute Gasteiger partial charge is 0.455 e. The average molecular weight is 315 g/mol. The highest BCUT2D eigenvalue weighted by atomic mass is 16.6.